The third-order valence-electron chi connectivity index (χ3n) is 4.79. The third kappa shape index (κ3) is 3.96. The quantitative estimate of drug-likeness (QED) is 0.493. The molecule has 4 rings (SSSR count). The second kappa shape index (κ2) is 7.46. The summed E-state index contributed by atoms with van der Waals surface area (Å²) in [6.45, 7) is 3.80. The zero-order valence-corrected chi connectivity index (χ0v) is 17.1. The Morgan fingerprint density at radius 1 is 1.00 bits per heavy atom. The van der Waals surface area contributed by atoms with Crippen molar-refractivity contribution in [1.82, 2.24) is 29.5 Å². The lowest BCUT2D eigenvalue weighted by Crippen LogP contribution is -2.04. The van der Waals surface area contributed by atoms with Gasteiger partial charge in [-0.15, -0.1) is 0 Å². The molecule has 3 heterocycles. The molecule has 7 nitrogen and oxygen atoms in total. The average Bonchev–Trinajstić information content (AvgIpc) is 3.19. The number of hydrogen-bond donors (Lipinski definition) is 2. The van der Waals surface area contributed by atoms with Crippen molar-refractivity contribution in [3.05, 3.63) is 65.6 Å². The van der Waals surface area contributed by atoms with E-state index in [1.807, 2.05) is 19.9 Å². The first-order valence-corrected chi connectivity index (χ1v) is 9.40. The number of hydrogen-bond acceptors (Lipinski definition) is 4. The van der Waals surface area contributed by atoms with Crippen LogP contribution in [0.25, 0.3) is 28.1 Å². The lowest BCUT2D eigenvalue weighted by Gasteiger charge is -2.08. The van der Waals surface area contributed by atoms with E-state index in [0.29, 0.717) is 33.9 Å². The van der Waals surface area contributed by atoms with E-state index in [9.17, 15) is 13.2 Å². The molecule has 31 heavy (non-hydrogen) atoms. The van der Waals surface area contributed by atoms with E-state index < -0.39 is 11.7 Å². The highest BCUT2D eigenvalue weighted by Crippen LogP contribution is 2.32. The van der Waals surface area contributed by atoms with Crippen LogP contribution in [0.1, 0.15) is 17.0 Å². The number of rotatable bonds is 2. The summed E-state index contributed by atoms with van der Waals surface area (Å²) < 4.78 is 42.0. The van der Waals surface area contributed by atoms with E-state index in [1.54, 1.807) is 34.7 Å². The molecule has 3 N–H and O–H groups in total. The number of fused-ring (bicyclic) bond motifs is 1. The monoisotopic (exact) mass is 427 g/mol. The van der Waals surface area contributed by atoms with E-state index >= 15 is 0 Å². The first kappa shape index (κ1) is 20.5. The van der Waals surface area contributed by atoms with Crippen LogP contribution in [0, 0.1) is 13.8 Å². The van der Waals surface area contributed by atoms with Gasteiger partial charge in [0.2, 0.25) is 0 Å². The molecule has 0 spiro atoms. The Labute approximate surface area is 175 Å². The molecule has 1 aromatic carbocycles. The first-order valence-electron chi connectivity index (χ1n) is 9.40. The first-order chi connectivity index (χ1) is 14.6. The van der Waals surface area contributed by atoms with Gasteiger partial charge in [0.15, 0.2) is 11.5 Å². The SMILES string of the molecule is Cc1cc(C)n(-c2cc(N)[nH]c3nn(C)c(-c4ccc(C(F)(F)F)cc4)c3ccn2)n1. The second-order valence-electron chi connectivity index (χ2n) is 7.18. The maximum absolute atomic E-state index is 12.9. The normalized spacial score (nSPS) is 11.7. The lowest BCUT2D eigenvalue weighted by atomic mass is 10.1. The minimum atomic E-state index is -4.40. The predicted molar refractivity (Wildman–Crippen MR) is 112 cm³/mol. The average molecular weight is 427 g/mol. The van der Waals surface area contributed by atoms with Crippen molar-refractivity contribution in [1.29, 1.82) is 0 Å². The van der Waals surface area contributed by atoms with Crippen LogP contribution in [0.4, 0.5) is 19.0 Å². The number of nitrogens with zero attached hydrogens (tertiary/aromatic N) is 5. The Hall–Kier alpha value is -3.82. The standard InChI is InChI=1S/C21H20F3N7/c1-12-10-13(2)31(28-12)18-11-17(25)27-20-16(8-9-26-18)19(30(3)29-20)14-4-6-15(7-5-14)21(22,23)24/h4-11H,25H2,1-3H3,(H,27,29). The molecular weight excluding hydrogens is 407 g/mol. The zero-order valence-electron chi connectivity index (χ0n) is 17.1. The minimum Gasteiger partial charge on any atom is -0.385 e. The highest BCUT2D eigenvalue weighted by Gasteiger charge is 2.30. The largest absolute Gasteiger partial charge is 0.416 e. The molecule has 0 unspecified atom stereocenters. The Balaban J connectivity index is 1.90. The van der Waals surface area contributed by atoms with E-state index in [-0.39, 0.29) is 0 Å². The van der Waals surface area contributed by atoms with Crippen LogP contribution in [0.5, 0.6) is 0 Å². The molecule has 4 aromatic rings. The number of halogens is 3. The van der Waals surface area contributed by atoms with Crippen LogP contribution >= 0.6 is 0 Å². The Morgan fingerprint density at radius 3 is 2.32 bits per heavy atom. The predicted octanol–water partition coefficient (Wildman–Crippen LogP) is 4.49. The van der Waals surface area contributed by atoms with Crippen LogP contribution in [-0.2, 0) is 13.2 Å². The van der Waals surface area contributed by atoms with Crippen molar-refractivity contribution in [2.45, 2.75) is 20.0 Å². The number of aryl methyl sites for hydroxylation is 3. The number of benzene rings is 1. The van der Waals surface area contributed by atoms with Gasteiger partial charge in [-0.25, -0.2) is 9.67 Å². The maximum atomic E-state index is 12.9. The topological polar surface area (TPSA) is 90.3 Å². The van der Waals surface area contributed by atoms with Gasteiger partial charge in [0, 0.05) is 36.0 Å². The van der Waals surface area contributed by atoms with Gasteiger partial charge in [-0.1, -0.05) is 12.1 Å². The van der Waals surface area contributed by atoms with E-state index in [4.69, 9.17) is 5.73 Å². The number of nitrogens with two attached hydrogens (primary N) is 1. The Morgan fingerprint density at radius 2 is 1.71 bits per heavy atom. The molecule has 0 aliphatic rings. The van der Waals surface area contributed by atoms with Crippen LogP contribution in [0.3, 0.4) is 0 Å². The van der Waals surface area contributed by atoms with Gasteiger partial charge in [0.1, 0.15) is 5.82 Å². The number of nitrogens with one attached hydrogen (secondary N) is 1. The number of aromatic amines is 1. The van der Waals surface area contributed by atoms with Crippen LogP contribution < -0.4 is 5.73 Å². The fourth-order valence-electron chi connectivity index (χ4n) is 3.46. The minimum absolute atomic E-state index is 0.299. The maximum Gasteiger partial charge on any atom is 0.416 e. The van der Waals surface area contributed by atoms with Crippen molar-refractivity contribution in [3.63, 3.8) is 0 Å². The molecule has 0 fully saturated rings. The van der Waals surface area contributed by atoms with Crippen molar-refractivity contribution >= 4 is 16.9 Å². The highest BCUT2D eigenvalue weighted by molar-refractivity contribution is 5.91. The molecule has 160 valence electrons. The molecule has 3 aromatic heterocycles. The van der Waals surface area contributed by atoms with Gasteiger partial charge in [-0.05, 0) is 38.1 Å². The smallest absolute Gasteiger partial charge is 0.385 e. The number of anilines is 1. The van der Waals surface area contributed by atoms with Gasteiger partial charge in [0.05, 0.1) is 17.0 Å². The van der Waals surface area contributed by atoms with E-state index in [2.05, 4.69) is 20.2 Å². The number of aromatic nitrogens is 6. The number of alkyl halides is 3. The van der Waals surface area contributed by atoms with Gasteiger partial charge in [-0.2, -0.15) is 23.4 Å². The van der Waals surface area contributed by atoms with Crippen molar-refractivity contribution in [3.8, 4) is 17.1 Å². The molecule has 0 saturated carbocycles. The third-order valence-corrected chi connectivity index (χ3v) is 4.79. The molecular formula is C21H20F3N7. The van der Waals surface area contributed by atoms with Gasteiger partial charge in [0.25, 0.3) is 0 Å². The summed E-state index contributed by atoms with van der Waals surface area (Å²) in [4.78, 5) is 7.53. The molecule has 10 heteroatoms. The lowest BCUT2D eigenvalue weighted by molar-refractivity contribution is -0.137. The molecule has 0 aliphatic carbocycles. The van der Waals surface area contributed by atoms with Crippen LogP contribution in [-0.4, -0.2) is 29.5 Å². The number of nitrogen functional groups attached to an aromatic ring is 1. The molecule has 0 radical (unpaired) electrons. The summed E-state index contributed by atoms with van der Waals surface area (Å²) in [7, 11) is 1.71. The highest BCUT2D eigenvalue weighted by atomic mass is 19.4. The van der Waals surface area contributed by atoms with Crippen molar-refractivity contribution in [2.24, 2.45) is 7.05 Å². The van der Waals surface area contributed by atoms with E-state index in [0.717, 1.165) is 23.5 Å². The summed E-state index contributed by atoms with van der Waals surface area (Å²) in [5.74, 6) is 0.811. The molecule has 0 atom stereocenters. The summed E-state index contributed by atoms with van der Waals surface area (Å²) in [5, 5.41) is 9.53. The van der Waals surface area contributed by atoms with Crippen LogP contribution in [0.2, 0.25) is 0 Å². The Bertz CT molecular complexity index is 1310. The molecule has 0 saturated heterocycles. The van der Waals surface area contributed by atoms with Gasteiger partial charge < -0.3 is 10.7 Å². The molecule has 0 amide bonds. The summed E-state index contributed by atoms with van der Waals surface area (Å²) in [6, 6.07) is 10.2. The second-order valence-corrected chi connectivity index (χ2v) is 7.18. The van der Waals surface area contributed by atoms with Crippen molar-refractivity contribution in [2.75, 3.05) is 5.73 Å². The number of H-pyrrole nitrogens is 1. The van der Waals surface area contributed by atoms with Crippen molar-refractivity contribution < 1.29 is 13.2 Å². The Kier molecular flexibility index (Phi) is 4.92. The summed E-state index contributed by atoms with van der Waals surface area (Å²) >= 11 is 0. The van der Waals surface area contributed by atoms with E-state index in [1.165, 1.54) is 12.1 Å². The molecule has 0 bridgehead atoms. The summed E-state index contributed by atoms with van der Waals surface area (Å²) in [5.41, 5.74) is 8.88. The fraction of sp³-hybridized carbons (Fsp3) is 0.190. The fourth-order valence-corrected chi connectivity index (χ4v) is 3.46. The van der Waals surface area contributed by atoms with Gasteiger partial charge >= 0.3 is 6.18 Å². The van der Waals surface area contributed by atoms with Gasteiger partial charge in [-0.3, -0.25) is 4.68 Å². The molecule has 0 aliphatic heterocycles. The summed E-state index contributed by atoms with van der Waals surface area (Å²) in [6.07, 6.45) is -2.80. The van der Waals surface area contributed by atoms with Crippen LogP contribution in [0.15, 0.2) is 48.7 Å². The zero-order chi connectivity index (χ0) is 22.3.